The molecule has 0 atom stereocenters. The lowest BCUT2D eigenvalue weighted by Crippen LogP contribution is -2.14. The van der Waals surface area contributed by atoms with E-state index in [4.69, 9.17) is 9.15 Å². The summed E-state index contributed by atoms with van der Waals surface area (Å²) in [6, 6.07) is 16.9. The molecule has 2 heterocycles. The summed E-state index contributed by atoms with van der Waals surface area (Å²) in [5.74, 6) is 1.12. The second-order valence-electron chi connectivity index (χ2n) is 5.86. The van der Waals surface area contributed by atoms with Gasteiger partial charge in [0.15, 0.2) is 0 Å². The van der Waals surface area contributed by atoms with E-state index in [-0.39, 0.29) is 11.7 Å². The highest BCUT2D eigenvalue weighted by atomic mass is 32.2. The summed E-state index contributed by atoms with van der Waals surface area (Å²) in [6.07, 6.45) is 1.64. The third-order valence-electron chi connectivity index (χ3n) is 3.94. The van der Waals surface area contributed by atoms with Crippen molar-refractivity contribution in [2.75, 3.05) is 18.2 Å². The number of ether oxygens (including phenoxy) is 1. The Labute approximate surface area is 165 Å². The highest BCUT2D eigenvalue weighted by Gasteiger charge is 2.12. The number of nitrogens with zero attached hydrogens (tertiary/aromatic N) is 3. The lowest BCUT2D eigenvalue weighted by Gasteiger charge is -2.05. The largest absolute Gasteiger partial charge is 0.497 e. The van der Waals surface area contributed by atoms with Crippen molar-refractivity contribution in [3.63, 3.8) is 0 Å². The Bertz CT molecular complexity index is 1110. The van der Waals surface area contributed by atoms with Crippen molar-refractivity contribution in [1.82, 2.24) is 15.2 Å². The standard InChI is InChI=1S/C20H16N4O3S/c1-26-16-8-6-13(7-9-16)19-23-24-20(27-19)28-12-18(25)22-15-10-14-4-2-3-5-17(14)21-11-15/h2-11H,12H2,1H3,(H,22,25). The van der Waals surface area contributed by atoms with Crippen LogP contribution in [0.2, 0.25) is 0 Å². The number of nitrogens with one attached hydrogen (secondary N) is 1. The number of rotatable bonds is 6. The Morgan fingerprint density at radius 3 is 2.79 bits per heavy atom. The SMILES string of the molecule is COc1ccc(-c2nnc(SCC(=O)Nc3cnc4ccccc4c3)o2)cc1. The summed E-state index contributed by atoms with van der Waals surface area (Å²) in [6.45, 7) is 0. The highest BCUT2D eigenvalue weighted by molar-refractivity contribution is 7.99. The molecule has 0 saturated carbocycles. The molecule has 0 aliphatic carbocycles. The van der Waals surface area contributed by atoms with Gasteiger partial charge < -0.3 is 14.5 Å². The van der Waals surface area contributed by atoms with Gasteiger partial charge in [0, 0.05) is 10.9 Å². The van der Waals surface area contributed by atoms with Crippen molar-refractivity contribution >= 4 is 34.3 Å². The van der Waals surface area contributed by atoms with Crippen LogP contribution in [0.25, 0.3) is 22.4 Å². The highest BCUT2D eigenvalue weighted by Crippen LogP contribution is 2.25. The number of hydrogen-bond acceptors (Lipinski definition) is 7. The molecule has 7 nitrogen and oxygen atoms in total. The first-order valence-corrected chi connectivity index (χ1v) is 9.45. The molecule has 0 spiro atoms. The Hall–Kier alpha value is -3.39. The number of methoxy groups -OCH3 is 1. The molecule has 4 rings (SSSR count). The average molecular weight is 392 g/mol. The van der Waals surface area contributed by atoms with Crippen LogP contribution in [0.1, 0.15) is 0 Å². The monoisotopic (exact) mass is 392 g/mol. The maximum atomic E-state index is 12.2. The van der Waals surface area contributed by atoms with E-state index in [1.54, 1.807) is 13.3 Å². The number of amides is 1. The van der Waals surface area contributed by atoms with E-state index in [1.807, 2.05) is 54.6 Å². The molecule has 1 amide bonds. The van der Waals surface area contributed by atoms with Gasteiger partial charge in [-0.1, -0.05) is 30.0 Å². The van der Waals surface area contributed by atoms with Gasteiger partial charge in [-0.05, 0) is 36.4 Å². The molecule has 8 heteroatoms. The molecule has 0 aliphatic heterocycles. The van der Waals surface area contributed by atoms with E-state index in [2.05, 4.69) is 20.5 Å². The minimum absolute atomic E-state index is 0.150. The molecule has 0 unspecified atom stereocenters. The van der Waals surface area contributed by atoms with Crippen LogP contribution in [0.4, 0.5) is 5.69 Å². The van der Waals surface area contributed by atoms with E-state index in [0.29, 0.717) is 16.8 Å². The summed E-state index contributed by atoms with van der Waals surface area (Å²) in [4.78, 5) is 16.5. The molecule has 4 aromatic rings. The maximum absolute atomic E-state index is 12.2. The van der Waals surface area contributed by atoms with E-state index in [9.17, 15) is 4.79 Å². The maximum Gasteiger partial charge on any atom is 0.277 e. The van der Waals surface area contributed by atoms with Gasteiger partial charge in [-0.15, -0.1) is 10.2 Å². The minimum Gasteiger partial charge on any atom is -0.497 e. The molecule has 2 aromatic carbocycles. The van der Waals surface area contributed by atoms with E-state index >= 15 is 0 Å². The summed E-state index contributed by atoms with van der Waals surface area (Å²) in [7, 11) is 1.61. The van der Waals surface area contributed by atoms with Gasteiger partial charge in [0.25, 0.3) is 5.22 Å². The number of fused-ring (bicyclic) bond motifs is 1. The van der Waals surface area contributed by atoms with Gasteiger partial charge in [-0.2, -0.15) is 0 Å². The molecular formula is C20H16N4O3S. The van der Waals surface area contributed by atoms with Crippen molar-refractivity contribution in [3.05, 3.63) is 60.8 Å². The van der Waals surface area contributed by atoms with Crippen LogP contribution < -0.4 is 10.1 Å². The molecule has 140 valence electrons. The number of para-hydroxylation sites is 1. The lowest BCUT2D eigenvalue weighted by atomic mass is 10.2. The molecule has 2 aromatic heterocycles. The third kappa shape index (κ3) is 4.12. The van der Waals surface area contributed by atoms with Gasteiger partial charge in [0.05, 0.1) is 30.3 Å². The fourth-order valence-corrected chi connectivity index (χ4v) is 3.15. The second kappa shape index (κ2) is 8.10. The quantitative estimate of drug-likeness (QED) is 0.496. The van der Waals surface area contributed by atoms with Gasteiger partial charge in [-0.3, -0.25) is 9.78 Å². The molecule has 0 aliphatic rings. The van der Waals surface area contributed by atoms with Crippen molar-refractivity contribution < 1.29 is 13.9 Å². The van der Waals surface area contributed by atoms with E-state index < -0.39 is 0 Å². The minimum atomic E-state index is -0.175. The topological polar surface area (TPSA) is 90.1 Å². The molecule has 0 bridgehead atoms. The third-order valence-corrected chi connectivity index (χ3v) is 4.76. The number of hydrogen-bond donors (Lipinski definition) is 1. The molecule has 0 radical (unpaired) electrons. The summed E-state index contributed by atoms with van der Waals surface area (Å²) < 4.78 is 10.7. The Morgan fingerprint density at radius 2 is 1.96 bits per heavy atom. The zero-order valence-electron chi connectivity index (χ0n) is 15.0. The zero-order valence-corrected chi connectivity index (χ0v) is 15.8. The van der Waals surface area contributed by atoms with Crippen molar-refractivity contribution in [2.45, 2.75) is 5.22 Å². The van der Waals surface area contributed by atoms with Crippen LogP contribution in [-0.2, 0) is 4.79 Å². The molecule has 0 fully saturated rings. The number of carbonyl (C=O) groups excluding carboxylic acids is 1. The first-order valence-electron chi connectivity index (χ1n) is 8.46. The first kappa shape index (κ1) is 18.0. The molecule has 28 heavy (non-hydrogen) atoms. The number of thioether (sulfide) groups is 1. The van der Waals surface area contributed by atoms with Crippen molar-refractivity contribution in [1.29, 1.82) is 0 Å². The van der Waals surface area contributed by atoms with Crippen molar-refractivity contribution in [2.24, 2.45) is 0 Å². The predicted molar refractivity (Wildman–Crippen MR) is 107 cm³/mol. The number of benzene rings is 2. The fraction of sp³-hybridized carbons (Fsp3) is 0.100. The first-order chi connectivity index (χ1) is 13.7. The number of aromatic nitrogens is 3. The van der Waals surface area contributed by atoms with Gasteiger partial charge >= 0.3 is 0 Å². The number of pyridine rings is 1. The Morgan fingerprint density at radius 1 is 1.14 bits per heavy atom. The predicted octanol–water partition coefficient (Wildman–Crippen LogP) is 4.02. The van der Waals surface area contributed by atoms with Gasteiger partial charge in [0.2, 0.25) is 11.8 Å². The number of carbonyl (C=O) groups is 1. The zero-order chi connectivity index (χ0) is 19.3. The van der Waals surface area contributed by atoms with Crippen LogP contribution >= 0.6 is 11.8 Å². The number of anilines is 1. The van der Waals surface area contributed by atoms with E-state index in [1.165, 1.54) is 11.8 Å². The fourth-order valence-electron chi connectivity index (χ4n) is 2.58. The smallest absolute Gasteiger partial charge is 0.277 e. The summed E-state index contributed by atoms with van der Waals surface area (Å²) >= 11 is 1.18. The Kier molecular flexibility index (Phi) is 5.20. The summed E-state index contributed by atoms with van der Waals surface area (Å²) in [5, 5.41) is 12.1. The lowest BCUT2D eigenvalue weighted by molar-refractivity contribution is -0.113. The molecular weight excluding hydrogens is 376 g/mol. The van der Waals surface area contributed by atoms with Gasteiger partial charge in [-0.25, -0.2) is 0 Å². The second-order valence-corrected chi connectivity index (χ2v) is 6.78. The molecule has 0 saturated heterocycles. The normalized spacial score (nSPS) is 10.8. The van der Waals surface area contributed by atoms with Gasteiger partial charge in [0.1, 0.15) is 5.75 Å². The van der Waals surface area contributed by atoms with Crippen LogP contribution in [0.3, 0.4) is 0 Å². The van der Waals surface area contributed by atoms with E-state index in [0.717, 1.165) is 22.2 Å². The van der Waals surface area contributed by atoms with Crippen LogP contribution in [0.5, 0.6) is 5.75 Å². The van der Waals surface area contributed by atoms with Crippen LogP contribution in [0, 0.1) is 0 Å². The Balaban J connectivity index is 1.36. The van der Waals surface area contributed by atoms with Crippen LogP contribution in [-0.4, -0.2) is 34.0 Å². The van der Waals surface area contributed by atoms with Crippen LogP contribution in [0.15, 0.2) is 70.4 Å². The summed E-state index contributed by atoms with van der Waals surface area (Å²) in [5.41, 5.74) is 2.31. The van der Waals surface area contributed by atoms with Crippen molar-refractivity contribution in [3.8, 4) is 17.2 Å². The molecule has 1 N–H and O–H groups in total. The average Bonchev–Trinajstić information content (AvgIpc) is 3.21.